The molecule has 1 atom stereocenters. The van der Waals surface area contributed by atoms with Crippen molar-refractivity contribution in [2.75, 3.05) is 26.2 Å². The number of para-hydroxylation sites is 1. The Morgan fingerprint density at radius 3 is 2.47 bits per heavy atom. The van der Waals surface area contributed by atoms with Crippen LogP contribution in [0.1, 0.15) is 43.5 Å². The number of fused-ring (bicyclic) bond motifs is 1. The van der Waals surface area contributed by atoms with E-state index in [1.807, 2.05) is 49.4 Å². The minimum atomic E-state index is -0.0569. The molecule has 1 aromatic heterocycles. The van der Waals surface area contributed by atoms with Gasteiger partial charge in [0.15, 0.2) is 5.11 Å². The number of aromatic amines is 1. The highest BCUT2D eigenvalue weighted by Crippen LogP contribution is 2.17. The van der Waals surface area contributed by atoms with Crippen molar-refractivity contribution in [3.63, 3.8) is 0 Å². The van der Waals surface area contributed by atoms with Gasteiger partial charge < -0.3 is 20.1 Å². The van der Waals surface area contributed by atoms with Gasteiger partial charge in [0, 0.05) is 18.7 Å². The summed E-state index contributed by atoms with van der Waals surface area (Å²) in [5.41, 5.74) is 3.81. The molecule has 3 rings (SSSR count). The second kappa shape index (κ2) is 11.2. The number of H-pyrrole nitrogens is 1. The number of nitrogens with one attached hydrogen (secondary N) is 2. The Labute approximate surface area is 196 Å². The number of nitrogens with zero attached hydrogens (tertiary/aromatic N) is 2. The van der Waals surface area contributed by atoms with Gasteiger partial charge in [-0.1, -0.05) is 62.4 Å². The lowest BCUT2D eigenvalue weighted by Gasteiger charge is -2.30. The molecule has 0 amide bonds. The molecule has 0 fully saturated rings. The summed E-state index contributed by atoms with van der Waals surface area (Å²) in [6.07, 6.45) is 0. The summed E-state index contributed by atoms with van der Waals surface area (Å²) >= 11 is 5.82. The van der Waals surface area contributed by atoms with Gasteiger partial charge in [-0.05, 0) is 61.7 Å². The number of pyridine rings is 1. The molecule has 0 unspecified atom stereocenters. The lowest BCUT2D eigenvalue weighted by molar-refractivity contribution is 0.262. The van der Waals surface area contributed by atoms with Gasteiger partial charge in [-0.3, -0.25) is 4.79 Å². The molecule has 0 aliphatic carbocycles. The van der Waals surface area contributed by atoms with E-state index in [2.05, 4.69) is 53.0 Å². The molecule has 170 valence electrons. The molecule has 0 aliphatic heterocycles. The SMILES string of the molecule is CCN(CC)CCN(Cc1cc2cccc(C)c2[nH]c1=O)C(=S)N[C@H](C)c1ccccc1. The van der Waals surface area contributed by atoms with Crippen LogP contribution in [0.5, 0.6) is 0 Å². The van der Waals surface area contributed by atoms with E-state index in [0.29, 0.717) is 11.7 Å². The fourth-order valence-corrected chi connectivity index (χ4v) is 4.24. The van der Waals surface area contributed by atoms with E-state index in [-0.39, 0.29) is 11.6 Å². The highest BCUT2D eigenvalue weighted by molar-refractivity contribution is 7.80. The van der Waals surface area contributed by atoms with E-state index in [1.54, 1.807) is 0 Å². The lowest BCUT2D eigenvalue weighted by atomic mass is 10.1. The number of likely N-dealkylation sites (N-methyl/N-ethyl adjacent to an activating group) is 1. The van der Waals surface area contributed by atoms with Crippen molar-refractivity contribution in [2.45, 2.75) is 40.3 Å². The normalized spacial score (nSPS) is 12.2. The van der Waals surface area contributed by atoms with E-state index < -0.39 is 0 Å². The Morgan fingerprint density at radius 1 is 1.06 bits per heavy atom. The third-order valence-corrected chi connectivity index (χ3v) is 6.41. The third kappa shape index (κ3) is 5.96. The van der Waals surface area contributed by atoms with Crippen molar-refractivity contribution in [3.05, 3.63) is 81.6 Å². The largest absolute Gasteiger partial charge is 0.356 e. The lowest BCUT2D eigenvalue weighted by Crippen LogP contribution is -2.44. The standard InChI is InChI=1S/C26H34N4OS/c1-5-29(6-2)15-16-30(26(32)27-20(4)21-12-8-7-9-13-21)18-23-17-22-14-10-11-19(3)24(22)28-25(23)31/h7-14,17,20H,5-6,15-16,18H2,1-4H3,(H,27,32)(H,28,31)/t20-/m1/s1. The van der Waals surface area contributed by atoms with Crippen LogP contribution in [0.15, 0.2) is 59.4 Å². The first-order valence-electron chi connectivity index (χ1n) is 11.4. The van der Waals surface area contributed by atoms with E-state index in [0.717, 1.165) is 48.2 Å². The van der Waals surface area contributed by atoms with Crippen LogP contribution in [0.4, 0.5) is 0 Å². The molecule has 0 spiro atoms. The van der Waals surface area contributed by atoms with Gasteiger partial charge in [-0.2, -0.15) is 0 Å². The quantitative estimate of drug-likeness (QED) is 0.466. The van der Waals surface area contributed by atoms with Crippen LogP contribution in [-0.4, -0.2) is 46.1 Å². The van der Waals surface area contributed by atoms with Crippen LogP contribution in [0.3, 0.4) is 0 Å². The second-order valence-electron chi connectivity index (χ2n) is 8.19. The number of aromatic nitrogens is 1. The molecule has 2 N–H and O–H groups in total. The molecule has 32 heavy (non-hydrogen) atoms. The first-order valence-corrected chi connectivity index (χ1v) is 11.8. The maximum atomic E-state index is 12.9. The molecule has 5 nitrogen and oxygen atoms in total. The van der Waals surface area contributed by atoms with Gasteiger partial charge in [-0.25, -0.2) is 0 Å². The number of aryl methyl sites for hydroxylation is 1. The first kappa shape index (κ1) is 24.0. The molecule has 2 aromatic carbocycles. The monoisotopic (exact) mass is 450 g/mol. The molecule has 0 aliphatic rings. The van der Waals surface area contributed by atoms with E-state index >= 15 is 0 Å². The topological polar surface area (TPSA) is 51.4 Å². The molecule has 0 saturated heterocycles. The number of hydrogen-bond acceptors (Lipinski definition) is 3. The van der Waals surface area contributed by atoms with Gasteiger partial charge in [0.1, 0.15) is 0 Å². The van der Waals surface area contributed by atoms with Crippen molar-refractivity contribution in [1.29, 1.82) is 0 Å². The third-order valence-electron chi connectivity index (χ3n) is 6.03. The minimum Gasteiger partial charge on any atom is -0.356 e. The van der Waals surface area contributed by atoms with Crippen molar-refractivity contribution in [3.8, 4) is 0 Å². The average Bonchev–Trinajstić information content (AvgIpc) is 2.80. The molecule has 6 heteroatoms. The summed E-state index contributed by atoms with van der Waals surface area (Å²) in [6.45, 7) is 12.5. The van der Waals surface area contributed by atoms with Crippen LogP contribution >= 0.6 is 12.2 Å². The zero-order valence-electron chi connectivity index (χ0n) is 19.5. The smallest absolute Gasteiger partial charge is 0.253 e. The Hall–Kier alpha value is -2.70. The molecule has 3 aromatic rings. The van der Waals surface area contributed by atoms with Gasteiger partial charge in [-0.15, -0.1) is 0 Å². The van der Waals surface area contributed by atoms with Crippen molar-refractivity contribution in [2.24, 2.45) is 0 Å². The summed E-state index contributed by atoms with van der Waals surface area (Å²) in [7, 11) is 0. The van der Waals surface area contributed by atoms with E-state index in [9.17, 15) is 4.79 Å². The van der Waals surface area contributed by atoms with Gasteiger partial charge in [0.05, 0.1) is 18.1 Å². The first-order chi connectivity index (χ1) is 15.4. The predicted molar refractivity (Wildman–Crippen MR) is 138 cm³/mol. The number of benzene rings is 2. The van der Waals surface area contributed by atoms with Crippen molar-refractivity contribution >= 4 is 28.2 Å². The van der Waals surface area contributed by atoms with Crippen LogP contribution in [0.2, 0.25) is 0 Å². The summed E-state index contributed by atoms with van der Waals surface area (Å²) in [5.74, 6) is 0. The maximum Gasteiger partial charge on any atom is 0.253 e. The maximum absolute atomic E-state index is 12.9. The summed E-state index contributed by atoms with van der Waals surface area (Å²) in [4.78, 5) is 20.4. The zero-order chi connectivity index (χ0) is 23.1. The highest BCUT2D eigenvalue weighted by Gasteiger charge is 2.17. The van der Waals surface area contributed by atoms with Crippen molar-refractivity contribution < 1.29 is 0 Å². The molecule has 0 bridgehead atoms. The Morgan fingerprint density at radius 2 is 1.78 bits per heavy atom. The molecule has 1 heterocycles. The summed E-state index contributed by atoms with van der Waals surface area (Å²) < 4.78 is 0. The van der Waals surface area contributed by atoms with E-state index in [1.165, 1.54) is 5.56 Å². The molecular weight excluding hydrogens is 416 g/mol. The van der Waals surface area contributed by atoms with Crippen molar-refractivity contribution in [1.82, 2.24) is 20.1 Å². The number of thiocarbonyl (C=S) groups is 1. The minimum absolute atomic E-state index is 0.0569. The van der Waals surface area contributed by atoms with Crippen LogP contribution in [-0.2, 0) is 6.54 Å². The molecule has 0 radical (unpaired) electrons. The van der Waals surface area contributed by atoms with Gasteiger partial charge in [0.25, 0.3) is 5.56 Å². The predicted octanol–water partition coefficient (Wildman–Crippen LogP) is 4.62. The molecule has 0 saturated carbocycles. The summed E-state index contributed by atoms with van der Waals surface area (Å²) in [6, 6.07) is 18.4. The number of hydrogen-bond donors (Lipinski definition) is 2. The van der Waals surface area contributed by atoms with E-state index in [4.69, 9.17) is 12.2 Å². The van der Waals surface area contributed by atoms with Gasteiger partial charge >= 0.3 is 0 Å². The zero-order valence-corrected chi connectivity index (χ0v) is 20.3. The highest BCUT2D eigenvalue weighted by atomic mass is 32.1. The fourth-order valence-electron chi connectivity index (χ4n) is 3.91. The van der Waals surface area contributed by atoms with Gasteiger partial charge in [0.2, 0.25) is 0 Å². The Bertz CT molecular complexity index is 1090. The Balaban J connectivity index is 1.83. The average molecular weight is 451 g/mol. The summed E-state index contributed by atoms with van der Waals surface area (Å²) in [5, 5.41) is 5.17. The Kier molecular flexibility index (Phi) is 8.42. The fraction of sp³-hybridized carbons (Fsp3) is 0.385. The van der Waals surface area contributed by atoms with Crippen LogP contribution in [0.25, 0.3) is 10.9 Å². The van der Waals surface area contributed by atoms with Crippen LogP contribution < -0.4 is 10.9 Å². The van der Waals surface area contributed by atoms with Crippen LogP contribution in [0, 0.1) is 6.92 Å². The molecular formula is C26H34N4OS. The number of rotatable bonds is 9. The second-order valence-corrected chi connectivity index (χ2v) is 8.58.